The normalized spacial score (nSPS) is 50.6. The molecule has 3 saturated carbocycles. The van der Waals surface area contributed by atoms with Crippen molar-refractivity contribution in [2.75, 3.05) is 0 Å². The van der Waals surface area contributed by atoms with E-state index in [2.05, 4.69) is 26.8 Å². The summed E-state index contributed by atoms with van der Waals surface area (Å²) in [6.45, 7) is 6.48. The van der Waals surface area contributed by atoms with Crippen molar-refractivity contribution in [2.45, 2.75) is 59.3 Å². The van der Waals surface area contributed by atoms with Gasteiger partial charge in [0.05, 0.1) is 5.41 Å². The molecular formula is C21H28O3. The zero-order chi connectivity index (χ0) is 17.3. The lowest BCUT2D eigenvalue weighted by molar-refractivity contribution is -0.141. The zero-order valence-electron chi connectivity index (χ0n) is 15.0. The lowest BCUT2D eigenvalue weighted by Crippen LogP contribution is -2.56. The fourth-order valence-electron chi connectivity index (χ4n) is 7.04. The number of allylic oxidation sites excluding steroid dienone is 2. The van der Waals surface area contributed by atoms with E-state index in [0.29, 0.717) is 48.7 Å². The van der Waals surface area contributed by atoms with Gasteiger partial charge < -0.3 is 4.79 Å². The van der Waals surface area contributed by atoms with Crippen LogP contribution < -0.4 is 0 Å². The summed E-state index contributed by atoms with van der Waals surface area (Å²) in [5.74, 6) is 2.25. The van der Waals surface area contributed by atoms with Gasteiger partial charge in [-0.05, 0) is 48.9 Å². The Kier molecular flexibility index (Phi) is 3.47. The third kappa shape index (κ3) is 1.82. The molecule has 0 aromatic carbocycles. The summed E-state index contributed by atoms with van der Waals surface area (Å²) in [5, 5.41) is 0. The van der Waals surface area contributed by atoms with Crippen molar-refractivity contribution in [3.63, 3.8) is 0 Å². The van der Waals surface area contributed by atoms with Crippen LogP contribution >= 0.6 is 0 Å². The van der Waals surface area contributed by atoms with Crippen LogP contribution in [-0.4, -0.2) is 17.9 Å². The Balaban J connectivity index is 1.83. The minimum absolute atomic E-state index is 0.0870. The average molecular weight is 328 g/mol. The Labute approximate surface area is 144 Å². The Hall–Kier alpha value is -1.25. The summed E-state index contributed by atoms with van der Waals surface area (Å²) in [6.07, 6.45) is 7.93. The van der Waals surface area contributed by atoms with Crippen molar-refractivity contribution in [2.24, 2.45) is 40.4 Å². The van der Waals surface area contributed by atoms with Crippen LogP contribution in [0.2, 0.25) is 0 Å². The molecule has 3 nitrogen and oxygen atoms in total. The summed E-state index contributed by atoms with van der Waals surface area (Å²) in [7, 11) is 0. The summed E-state index contributed by atoms with van der Waals surface area (Å²) in [5.41, 5.74) is 0.444. The second kappa shape index (κ2) is 5.12. The number of rotatable bonds is 1. The van der Waals surface area contributed by atoms with Gasteiger partial charge in [-0.25, -0.2) is 0 Å². The van der Waals surface area contributed by atoms with Crippen LogP contribution in [0, 0.1) is 40.4 Å². The van der Waals surface area contributed by atoms with Gasteiger partial charge in [-0.3, -0.25) is 9.59 Å². The number of carbonyl (C=O) groups excluding carboxylic acids is 3. The third-order valence-electron chi connectivity index (χ3n) is 8.21. The van der Waals surface area contributed by atoms with Crippen LogP contribution in [-0.2, 0) is 14.4 Å². The monoisotopic (exact) mass is 328 g/mol. The molecular weight excluding hydrogens is 300 g/mol. The number of fused-ring (bicyclic) bond motifs is 5. The summed E-state index contributed by atoms with van der Waals surface area (Å²) >= 11 is 0. The van der Waals surface area contributed by atoms with E-state index in [1.807, 2.05) is 0 Å². The SMILES string of the molecule is CC1C=C2CC(=O)CC(C)[C@]2(C=O)[C@@H]2CC[C@]3(C)C(=O)CC[C@H]3[C@H]12. The van der Waals surface area contributed by atoms with Gasteiger partial charge in [-0.15, -0.1) is 0 Å². The van der Waals surface area contributed by atoms with Crippen LogP contribution in [0.3, 0.4) is 0 Å². The highest BCUT2D eigenvalue weighted by Crippen LogP contribution is 2.65. The van der Waals surface area contributed by atoms with Gasteiger partial charge in [0.2, 0.25) is 0 Å². The molecule has 0 bridgehead atoms. The van der Waals surface area contributed by atoms with Crippen LogP contribution in [0.1, 0.15) is 59.3 Å². The van der Waals surface area contributed by atoms with Crippen molar-refractivity contribution in [3.05, 3.63) is 11.6 Å². The van der Waals surface area contributed by atoms with Gasteiger partial charge >= 0.3 is 0 Å². The molecule has 24 heavy (non-hydrogen) atoms. The minimum atomic E-state index is -0.460. The van der Waals surface area contributed by atoms with Gasteiger partial charge in [0.15, 0.2) is 0 Å². The van der Waals surface area contributed by atoms with Crippen LogP contribution in [0.15, 0.2) is 11.6 Å². The highest BCUT2D eigenvalue weighted by atomic mass is 16.1. The molecule has 3 heteroatoms. The molecule has 0 aromatic rings. The summed E-state index contributed by atoms with van der Waals surface area (Å²) in [4.78, 5) is 37.1. The van der Waals surface area contributed by atoms with Gasteiger partial charge in [-0.2, -0.15) is 0 Å². The number of hydrogen-bond acceptors (Lipinski definition) is 3. The number of hydrogen-bond donors (Lipinski definition) is 0. The zero-order valence-corrected chi connectivity index (χ0v) is 15.0. The summed E-state index contributed by atoms with van der Waals surface area (Å²) in [6, 6.07) is 0. The molecule has 0 heterocycles. The van der Waals surface area contributed by atoms with Crippen LogP contribution in [0.4, 0.5) is 0 Å². The molecule has 4 aliphatic rings. The van der Waals surface area contributed by atoms with Gasteiger partial charge in [0.25, 0.3) is 0 Å². The Morgan fingerprint density at radius 1 is 1.17 bits per heavy atom. The largest absolute Gasteiger partial charge is 0.302 e. The molecule has 0 aliphatic heterocycles. The lowest BCUT2D eigenvalue weighted by Gasteiger charge is -2.58. The van der Waals surface area contributed by atoms with Gasteiger partial charge in [0, 0.05) is 24.7 Å². The Morgan fingerprint density at radius 3 is 2.62 bits per heavy atom. The molecule has 0 saturated heterocycles. The van der Waals surface area contributed by atoms with Crippen LogP contribution in [0.5, 0.6) is 0 Å². The lowest BCUT2D eigenvalue weighted by atomic mass is 9.44. The molecule has 0 N–H and O–H groups in total. The van der Waals surface area contributed by atoms with E-state index in [1.165, 1.54) is 6.29 Å². The van der Waals surface area contributed by atoms with Crippen molar-refractivity contribution >= 4 is 17.9 Å². The highest BCUT2D eigenvalue weighted by Gasteiger charge is 2.62. The smallest absolute Gasteiger partial charge is 0.139 e. The molecule has 2 unspecified atom stereocenters. The number of carbonyl (C=O) groups is 3. The molecule has 4 aliphatic carbocycles. The van der Waals surface area contributed by atoms with E-state index < -0.39 is 5.41 Å². The molecule has 0 radical (unpaired) electrons. The van der Waals surface area contributed by atoms with E-state index in [1.54, 1.807) is 0 Å². The standard InChI is InChI=1S/C21H28O3/c1-12-8-14-10-15(23)9-13(2)21(14,11-22)17-6-7-20(3)16(19(12)17)4-5-18(20)24/h8,11-13,16-17,19H,4-7,9-10H2,1-3H3/t12?,13?,16-,17+,19-,20-,21-/m0/s1. The molecule has 3 fully saturated rings. The predicted molar refractivity (Wildman–Crippen MR) is 91.2 cm³/mol. The average Bonchev–Trinajstić information content (AvgIpc) is 2.82. The van der Waals surface area contributed by atoms with Crippen LogP contribution in [0.25, 0.3) is 0 Å². The van der Waals surface area contributed by atoms with Crippen molar-refractivity contribution in [1.29, 1.82) is 0 Å². The maximum Gasteiger partial charge on any atom is 0.139 e. The second-order valence-electron chi connectivity index (χ2n) is 9.13. The molecule has 7 atom stereocenters. The second-order valence-corrected chi connectivity index (χ2v) is 9.13. The third-order valence-corrected chi connectivity index (χ3v) is 8.21. The number of Topliss-reactive ketones (excluding diaryl/α,β-unsaturated/α-hetero) is 2. The van der Waals surface area contributed by atoms with E-state index in [0.717, 1.165) is 24.8 Å². The number of ketones is 2. The van der Waals surface area contributed by atoms with Crippen molar-refractivity contribution in [3.8, 4) is 0 Å². The molecule has 0 aromatic heterocycles. The maximum atomic E-state index is 12.5. The molecule has 0 spiro atoms. The first-order valence-electron chi connectivity index (χ1n) is 9.57. The quantitative estimate of drug-likeness (QED) is 0.544. The van der Waals surface area contributed by atoms with Gasteiger partial charge in [0.1, 0.15) is 17.9 Å². The molecule has 130 valence electrons. The fraction of sp³-hybridized carbons (Fsp3) is 0.762. The maximum absolute atomic E-state index is 12.5. The van der Waals surface area contributed by atoms with E-state index >= 15 is 0 Å². The van der Waals surface area contributed by atoms with Crippen molar-refractivity contribution in [1.82, 2.24) is 0 Å². The summed E-state index contributed by atoms with van der Waals surface area (Å²) < 4.78 is 0. The Morgan fingerprint density at radius 2 is 1.92 bits per heavy atom. The molecule has 0 amide bonds. The fourth-order valence-corrected chi connectivity index (χ4v) is 7.04. The van der Waals surface area contributed by atoms with Gasteiger partial charge in [-0.1, -0.05) is 32.4 Å². The van der Waals surface area contributed by atoms with E-state index in [-0.39, 0.29) is 17.1 Å². The number of aldehydes is 1. The van der Waals surface area contributed by atoms with E-state index in [4.69, 9.17) is 0 Å². The predicted octanol–water partition coefficient (Wildman–Crippen LogP) is 3.76. The van der Waals surface area contributed by atoms with Crippen molar-refractivity contribution < 1.29 is 14.4 Å². The minimum Gasteiger partial charge on any atom is -0.302 e. The first-order valence-corrected chi connectivity index (χ1v) is 9.57. The first-order chi connectivity index (χ1) is 11.3. The Bertz CT molecular complexity index is 647. The first kappa shape index (κ1) is 16.2. The highest BCUT2D eigenvalue weighted by molar-refractivity contribution is 5.88. The topological polar surface area (TPSA) is 51.2 Å². The van der Waals surface area contributed by atoms with E-state index in [9.17, 15) is 14.4 Å². The molecule has 4 rings (SSSR count).